The molecule has 4 rings (SSSR count). The normalized spacial score (nSPS) is 24.6. The summed E-state index contributed by atoms with van der Waals surface area (Å²) in [6, 6.07) is 15.4. The number of ether oxygens (including phenoxy) is 1. The van der Waals surface area contributed by atoms with Gasteiger partial charge < -0.3 is 9.64 Å². The smallest absolute Gasteiger partial charge is 0.330 e. The molecule has 0 aliphatic carbocycles. The van der Waals surface area contributed by atoms with Crippen LogP contribution in [-0.2, 0) is 25.8 Å². The zero-order chi connectivity index (χ0) is 18.1. The lowest BCUT2D eigenvalue weighted by atomic mass is 10.0. The Morgan fingerprint density at radius 3 is 2.69 bits per heavy atom. The number of esters is 1. The average molecular weight is 371 g/mol. The summed E-state index contributed by atoms with van der Waals surface area (Å²) in [4.78, 5) is 26.3. The predicted molar refractivity (Wildman–Crippen MR) is 96.6 cm³/mol. The van der Waals surface area contributed by atoms with Crippen molar-refractivity contribution in [1.29, 1.82) is 0 Å². The lowest BCUT2D eigenvalue weighted by Crippen LogP contribution is -2.46. The highest BCUT2D eigenvalue weighted by Gasteiger charge is 2.57. The topological polar surface area (TPSA) is 46.6 Å². The highest BCUT2D eigenvalue weighted by molar-refractivity contribution is 8.00. The number of rotatable bonds is 4. The monoisotopic (exact) mass is 371 g/mol. The van der Waals surface area contributed by atoms with E-state index in [9.17, 15) is 14.0 Å². The number of halogens is 1. The fraction of sp³-hybridized carbons (Fsp3) is 0.300. The second-order valence-corrected chi connectivity index (χ2v) is 7.74. The van der Waals surface area contributed by atoms with Gasteiger partial charge >= 0.3 is 5.97 Å². The molecule has 2 atom stereocenters. The van der Waals surface area contributed by atoms with Crippen molar-refractivity contribution in [3.63, 3.8) is 0 Å². The van der Waals surface area contributed by atoms with E-state index in [0.717, 1.165) is 5.56 Å². The Morgan fingerprint density at radius 2 is 1.92 bits per heavy atom. The van der Waals surface area contributed by atoms with E-state index in [-0.39, 0.29) is 12.5 Å². The third-order valence-electron chi connectivity index (χ3n) is 4.95. The van der Waals surface area contributed by atoms with Gasteiger partial charge in [0.05, 0.1) is 0 Å². The Kier molecular flexibility index (Phi) is 4.44. The number of hydrogen-bond acceptors (Lipinski definition) is 4. The molecular formula is C20H18FNO3S. The molecule has 0 radical (unpaired) electrons. The average Bonchev–Trinajstić information content (AvgIpc) is 3.21. The summed E-state index contributed by atoms with van der Waals surface area (Å²) in [5, 5.41) is 0. The number of nitrogens with zero attached hydrogens (tertiary/aromatic N) is 1. The molecule has 0 bridgehead atoms. The molecule has 26 heavy (non-hydrogen) atoms. The lowest BCUT2D eigenvalue weighted by Gasteiger charge is -2.33. The summed E-state index contributed by atoms with van der Waals surface area (Å²) in [6.07, 6.45) is 1.09. The van der Waals surface area contributed by atoms with Crippen molar-refractivity contribution in [3.8, 4) is 0 Å². The molecule has 1 amide bonds. The number of carbonyl (C=O) groups excluding carboxylic acids is 2. The Bertz CT molecular complexity index is 844. The van der Waals surface area contributed by atoms with E-state index in [2.05, 4.69) is 0 Å². The fourth-order valence-corrected chi connectivity index (χ4v) is 5.31. The van der Waals surface area contributed by atoms with Gasteiger partial charge in [0.2, 0.25) is 5.91 Å². The number of carbonyl (C=O) groups is 2. The van der Waals surface area contributed by atoms with Crippen LogP contribution < -0.4 is 0 Å². The Labute approximate surface area is 155 Å². The maximum absolute atomic E-state index is 13.7. The van der Waals surface area contributed by atoms with Crippen molar-refractivity contribution in [2.24, 2.45) is 0 Å². The molecule has 2 aliphatic heterocycles. The van der Waals surface area contributed by atoms with Gasteiger partial charge in [0.25, 0.3) is 0 Å². The van der Waals surface area contributed by atoms with Crippen molar-refractivity contribution in [1.82, 2.24) is 4.90 Å². The molecule has 2 saturated heterocycles. The third kappa shape index (κ3) is 2.78. The summed E-state index contributed by atoms with van der Waals surface area (Å²) in [6.45, 7) is -0.132. The van der Waals surface area contributed by atoms with Crippen molar-refractivity contribution in [3.05, 3.63) is 71.5 Å². The zero-order valence-electron chi connectivity index (χ0n) is 14.1. The standard InChI is InChI=1S/C20H18FNO3S/c21-16-9-5-4-6-14(16)12-25-19(24)17-13-26-20(11-10-18(23)22(17)20)15-7-2-1-3-8-15/h1-9,17H,10-13H2/t17-,20-/m0/s1. The first-order valence-corrected chi connectivity index (χ1v) is 9.52. The van der Waals surface area contributed by atoms with E-state index in [0.29, 0.717) is 24.2 Å². The maximum atomic E-state index is 13.7. The molecule has 2 aromatic rings. The Balaban J connectivity index is 1.54. The molecular weight excluding hydrogens is 353 g/mol. The minimum atomic E-state index is -0.637. The van der Waals surface area contributed by atoms with Crippen LogP contribution in [0.25, 0.3) is 0 Å². The van der Waals surface area contributed by atoms with E-state index < -0.39 is 22.7 Å². The quantitative estimate of drug-likeness (QED) is 0.773. The predicted octanol–water partition coefficient (Wildman–Crippen LogP) is 3.46. The first-order chi connectivity index (χ1) is 12.6. The van der Waals surface area contributed by atoms with Crippen LogP contribution in [0, 0.1) is 5.82 Å². The lowest BCUT2D eigenvalue weighted by molar-refractivity contribution is -0.155. The van der Waals surface area contributed by atoms with Crippen molar-refractivity contribution < 1.29 is 18.7 Å². The van der Waals surface area contributed by atoms with Crippen molar-refractivity contribution in [2.75, 3.05) is 5.75 Å². The van der Waals surface area contributed by atoms with Crippen LogP contribution >= 0.6 is 11.8 Å². The van der Waals surface area contributed by atoms with E-state index in [4.69, 9.17) is 4.74 Å². The maximum Gasteiger partial charge on any atom is 0.330 e. The largest absolute Gasteiger partial charge is 0.459 e. The minimum absolute atomic E-state index is 0.0355. The second kappa shape index (κ2) is 6.76. The van der Waals surface area contributed by atoms with Gasteiger partial charge in [-0.05, 0) is 18.1 Å². The molecule has 0 aromatic heterocycles. The van der Waals surface area contributed by atoms with E-state index in [1.54, 1.807) is 34.9 Å². The van der Waals surface area contributed by atoms with Crippen molar-refractivity contribution in [2.45, 2.75) is 30.4 Å². The molecule has 0 unspecified atom stereocenters. The molecule has 2 fully saturated rings. The van der Waals surface area contributed by atoms with E-state index in [1.807, 2.05) is 30.3 Å². The van der Waals surface area contributed by atoms with Crippen LogP contribution in [0.4, 0.5) is 4.39 Å². The molecule has 0 saturated carbocycles. The minimum Gasteiger partial charge on any atom is -0.459 e. The SMILES string of the molecule is O=C(OCc1ccccc1F)[C@@H]1CS[C@]2(c3ccccc3)CCC(=O)N12. The first-order valence-electron chi connectivity index (χ1n) is 8.53. The molecule has 2 aliphatic rings. The summed E-state index contributed by atoms with van der Waals surface area (Å²) < 4.78 is 19.1. The second-order valence-electron chi connectivity index (χ2n) is 6.44. The molecule has 4 nitrogen and oxygen atoms in total. The summed E-state index contributed by atoms with van der Waals surface area (Å²) >= 11 is 1.61. The van der Waals surface area contributed by atoms with Gasteiger partial charge in [-0.15, -0.1) is 11.8 Å². The number of amides is 1. The van der Waals surface area contributed by atoms with Crippen LogP contribution in [0.15, 0.2) is 54.6 Å². The summed E-state index contributed by atoms with van der Waals surface area (Å²) in [5.41, 5.74) is 1.36. The molecule has 0 N–H and O–H groups in total. The van der Waals surface area contributed by atoms with E-state index >= 15 is 0 Å². The molecule has 134 valence electrons. The number of hydrogen-bond donors (Lipinski definition) is 0. The van der Waals surface area contributed by atoms with Crippen LogP contribution in [0.5, 0.6) is 0 Å². The fourth-order valence-electron chi connectivity index (χ4n) is 3.68. The Morgan fingerprint density at radius 1 is 1.19 bits per heavy atom. The number of thioether (sulfide) groups is 1. The third-order valence-corrected chi connectivity index (χ3v) is 6.55. The van der Waals surface area contributed by atoms with Gasteiger partial charge in [-0.1, -0.05) is 48.5 Å². The van der Waals surface area contributed by atoms with Gasteiger partial charge in [0, 0.05) is 17.7 Å². The van der Waals surface area contributed by atoms with Crippen LogP contribution in [-0.4, -0.2) is 28.6 Å². The highest BCUT2D eigenvalue weighted by atomic mass is 32.2. The number of fused-ring (bicyclic) bond motifs is 1. The summed E-state index contributed by atoms with van der Waals surface area (Å²) in [5.74, 6) is -0.436. The van der Waals surface area contributed by atoms with Gasteiger partial charge in [-0.3, -0.25) is 4.79 Å². The van der Waals surface area contributed by atoms with Crippen LogP contribution in [0.2, 0.25) is 0 Å². The highest BCUT2D eigenvalue weighted by Crippen LogP contribution is 2.54. The molecule has 0 spiro atoms. The van der Waals surface area contributed by atoms with Gasteiger partial charge in [0.15, 0.2) is 0 Å². The van der Waals surface area contributed by atoms with Crippen molar-refractivity contribution >= 4 is 23.6 Å². The van der Waals surface area contributed by atoms with Gasteiger partial charge in [0.1, 0.15) is 23.3 Å². The van der Waals surface area contributed by atoms with Crippen LogP contribution in [0.3, 0.4) is 0 Å². The molecule has 2 heterocycles. The first kappa shape index (κ1) is 17.1. The van der Waals surface area contributed by atoms with Crippen LogP contribution in [0.1, 0.15) is 24.0 Å². The molecule has 2 aromatic carbocycles. The van der Waals surface area contributed by atoms with E-state index in [1.165, 1.54) is 6.07 Å². The number of benzene rings is 2. The van der Waals surface area contributed by atoms with Gasteiger partial charge in [-0.2, -0.15) is 0 Å². The zero-order valence-corrected chi connectivity index (χ0v) is 14.9. The van der Waals surface area contributed by atoms with Gasteiger partial charge in [-0.25, -0.2) is 9.18 Å². The molecule has 6 heteroatoms. The Hall–Kier alpha value is -2.34. The summed E-state index contributed by atoms with van der Waals surface area (Å²) in [7, 11) is 0.